The number of hydrogen-bond donors (Lipinski definition) is 3. The summed E-state index contributed by atoms with van der Waals surface area (Å²) in [5.41, 5.74) is 13.2. The van der Waals surface area contributed by atoms with Gasteiger partial charge in [0.05, 0.1) is 0 Å². The van der Waals surface area contributed by atoms with Crippen molar-refractivity contribution in [1.29, 1.82) is 0 Å². The maximum Gasteiger partial charge on any atom is 0.272 e. The van der Waals surface area contributed by atoms with E-state index in [1.807, 2.05) is 63.1 Å². The van der Waals surface area contributed by atoms with Gasteiger partial charge in [-0.05, 0) is 66.8 Å². The van der Waals surface area contributed by atoms with Crippen molar-refractivity contribution in [3.63, 3.8) is 0 Å². The second-order valence-corrected chi connectivity index (χ2v) is 10.4. The Morgan fingerprint density at radius 1 is 0.875 bits per heavy atom. The predicted molar refractivity (Wildman–Crippen MR) is 170 cm³/mol. The largest absolute Gasteiger partial charge is 0.350 e. The van der Waals surface area contributed by atoms with Crippen molar-refractivity contribution < 1.29 is 9.59 Å². The lowest BCUT2D eigenvalue weighted by Gasteiger charge is -2.19. The minimum absolute atomic E-state index is 0.108. The van der Waals surface area contributed by atoms with Crippen molar-refractivity contribution in [3.05, 3.63) is 120 Å². The molecule has 0 fully saturated rings. The predicted octanol–water partition coefficient (Wildman–Crippen LogP) is 7.96. The summed E-state index contributed by atoms with van der Waals surface area (Å²) in [6.45, 7) is 16.7. The first-order chi connectivity index (χ1) is 19.1. The van der Waals surface area contributed by atoms with Crippen LogP contribution in [0.3, 0.4) is 0 Å². The van der Waals surface area contributed by atoms with Crippen molar-refractivity contribution in [2.24, 2.45) is 5.73 Å². The van der Waals surface area contributed by atoms with Gasteiger partial charge in [-0.1, -0.05) is 106 Å². The van der Waals surface area contributed by atoms with E-state index in [1.165, 1.54) is 18.2 Å². The van der Waals surface area contributed by atoms with Gasteiger partial charge >= 0.3 is 0 Å². The van der Waals surface area contributed by atoms with E-state index < -0.39 is 0 Å². The molecule has 1 aromatic heterocycles. The van der Waals surface area contributed by atoms with Crippen LogP contribution in [0.15, 0.2) is 109 Å². The fourth-order valence-electron chi connectivity index (χ4n) is 4.22. The number of aromatic nitrogens is 1. The van der Waals surface area contributed by atoms with E-state index in [1.54, 1.807) is 6.08 Å². The van der Waals surface area contributed by atoms with E-state index in [0.29, 0.717) is 11.4 Å². The smallest absolute Gasteiger partial charge is 0.272 e. The van der Waals surface area contributed by atoms with Crippen LogP contribution in [-0.2, 0) is 10.2 Å². The Bertz CT molecular complexity index is 1480. The van der Waals surface area contributed by atoms with E-state index in [0.717, 1.165) is 33.2 Å². The summed E-state index contributed by atoms with van der Waals surface area (Å²) in [4.78, 5) is 24.7. The number of nitrogens with one attached hydrogen (secondary N) is 2. The summed E-state index contributed by atoms with van der Waals surface area (Å²) in [7, 11) is 1.50. The molecule has 4 aromatic rings. The topological polar surface area (TPSA) is 88.0 Å². The van der Waals surface area contributed by atoms with Gasteiger partial charge in [-0.2, -0.15) is 0 Å². The number of nitrogens with two attached hydrogens (primary N) is 1. The van der Waals surface area contributed by atoms with Crippen LogP contribution < -0.4 is 11.1 Å². The highest BCUT2D eigenvalue weighted by Crippen LogP contribution is 2.36. The Hall–Kier alpha value is -4.48. The lowest BCUT2D eigenvalue weighted by atomic mass is 9.86. The molecular formula is C35H41N3O2. The van der Waals surface area contributed by atoms with Crippen molar-refractivity contribution in [3.8, 4) is 22.3 Å². The third kappa shape index (κ3) is 8.01. The number of rotatable bonds is 6. The highest BCUT2D eigenvalue weighted by atomic mass is 16.1. The SMILES string of the molecule is C=C(/C=C\C=C(C)C)NC(=O)c1[nH]c2ccc(-c3ccc(C(C)(C)C)cc3)cc2c1-c1ccccc1.C=O.CN. The number of carbonyl (C=O) groups excluding carboxylic acids is 2. The molecule has 0 bridgehead atoms. The van der Waals surface area contributed by atoms with E-state index in [4.69, 9.17) is 4.79 Å². The normalized spacial score (nSPS) is 10.7. The Morgan fingerprint density at radius 2 is 1.48 bits per heavy atom. The molecule has 4 N–H and O–H groups in total. The van der Waals surface area contributed by atoms with Crippen LogP contribution in [0.1, 0.15) is 50.7 Å². The third-order valence-corrected chi connectivity index (χ3v) is 6.17. The Kier molecular flexibility index (Phi) is 11.6. The fourth-order valence-corrected chi connectivity index (χ4v) is 4.22. The van der Waals surface area contributed by atoms with Crippen molar-refractivity contribution >= 4 is 23.6 Å². The lowest BCUT2D eigenvalue weighted by molar-refractivity contribution is -0.0980. The summed E-state index contributed by atoms with van der Waals surface area (Å²) < 4.78 is 0. The van der Waals surface area contributed by atoms with Gasteiger partial charge in [0.2, 0.25) is 0 Å². The number of benzene rings is 3. The second kappa shape index (κ2) is 14.6. The Balaban J connectivity index is 0.00000134. The van der Waals surface area contributed by atoms with Gasteiger partial charge in [0, 0.05) is 22.2 Å². The Morgan fingerprint density at radius 3 is 2.05 bits per heavy atom. The minimum Gasteiger partial charge on any atom is -0.350 e. The standard InChI is InChI=1S/C33H34N2O.CH5N.CH2O/c1-22(2)11-10-12-23(3)34-32(36)31-30(25-13-8-7-9-14-25)28-21-26(17-20-29(28)35-31)24-15-18-27(19-16-24)33(4,5)6;2*1-2/h7-21,35H,3H2,1-2,4-6H3,(H,34,36);2H2,1H3;1H2/b12-10-;;. The van der Waals surface area contributed by atoms with E-state index in [2.05, 4.69) is 85.8 Å². The molecule has 0 aliphatic carbocycles. The zero-order chi connectivity index (χ0) is 29.9. The van der Waals surface area contributed by atoms with Gasteiger partial charge < -0.3 is 20.8 Å². The number of carbonyl (C=O) groups is 2. The maximum absolute atomic E-state index is 13.3. The zero-order valence-electron chi connectivity index (χ0n) is 24.5. The van der Waals surface area contributed by atoms with Gasteiger partial charge in [-0.15, -0.1) is 0 Å². The molecule has 0 aliphatic heterocycles. The summed E-state index contributed by atoms with van der Waals surface area (Å²) in [6, 6.07) is 25.1. The number of amides is 1. The molecule has 0 spiro atoms. The summed E-state index contributed by atoms with van der Waals surface area (Å²) in [6.07, 6.45) is 5.67. The van der Waals surface area contributed by atoms with Crippen LogP contribution in [0.25, 0.3) is 33.2 Å². The summed E-state index contributed by atoms with van der Waals surface area (Å²) >= 11 is 0. The van der Waals surface area contributed by atoms with Gasteiger partial charge in [0.15, 0.2) is 0 Å². The first-order valence-electron chi connectivity index (χ1n) is 13.1. The number of hydrogen-bond acceptors (Lipinski definition) is 3. The van der Waals surface area contributed by atoms with Crippen molar-refractivity contribution in [2.75, 3.05) is 7.05 Å². The average Bonchev–Trinajstić information content (AvgIpc) is 3.34. The molecular weight excluding hydrogens is 494 g/mol. The summed E-state index contributed by atoms with van der Waals surface area (Å²) in [5, 5.41) is 3.94. The third-order valence-electron chi connectivity index (χ3n) is 6.17. The molecule has 0 saturated carbocycles. The fraction of sp³-hybridized carbons (Fsp3) is 0.200. The first-order valence-corrected chi connectivity index (χ1v) is 13.1. The van der Waals surface area contributed by atoms with Gasteiger partial charge in [0.25, 0.3) is 5.91 Å². The maximum atomic E-state index is 13.3. The van der Waals surface area contributed by atoms with Gasteiger partial charge in [-0.25, -0.2) is 0 Å². The highest BCUT2D eigenvalue weighted by molar-refractivity contribution is 6.11. The van der Waals surface area contributed by atoms with Crippen LogP contribution in [0.4, 0.5) is 0 Å². The lowest BCUT2D eigenvalue weighted by Crippen LogP contribution is -2.22. The van der Waals surface area contributed by atoms with Gasteiger partial charge in [-0.3, -0.25) is 4.79 Å². The number of aromatic amines is 1. The first kappa shape index (κ1) is 31.7. The highest BCUT2D eigenvalue weighted by Gasteiger charge is 2.20. The molecule has 208 valence electrons. The van der Waals surface area contributed by atoms with Crippen LogP contribution in [0, 0.1) is 0 Å². The van der Waals surface area contributed by atoms with Crippen LogP contribution in [-0.4, -0.2) is 24.7 Å². The molecule has 4 rings (SSSR count). The quantitative estimate of drug-likeness (QED) is 0.219. The molecule has 1 amide bonds. The molecule has 0 unspecified atom stereocenters. The molecule has 0 aliphatic rings. The Labute approximate surface area is 238 Å². The van der Waals surface area contributed by atoms with E-state index in [9.17, 15) is 4.79 Å². The number of H-pyrrole nitrogens is 1. The van der Waals surface area contributed by atoms with Gasteiger partial charge in [0.1, 0.15) is 12.5 Å². The molecule has 5 nitrogen and oxygen atoms in total. The van der Waals surface area contributed by atoms with Crippen LogP contribution in [0.2, 0.25) is 0 Å². The summed E-state index contributed by atoms with van der Waals surface area (Å²) in [5.74, 6) is -0.215. The van der Waals surface area contributed by atoms with Crippen molar-refractivity contribution in [2.45, 2.75) is 40.0 Å². The second-order valence-electron chi connectivity index (χ2n) is 10.4. The molecule has 3 aromatic carbocycles. The number of fused-ring (bicyclic) bond motifs is 1. The van der Waals surface area contributed by atoms with E-state index in [-0.39, 0.29) is 11.3 Å². The van der Waals surface area contributed by atoms with E-state index >= 15 is 0 Å². The van der Waals surface area contributed by atoms with Crippen LogP contribution in [0.5, 0.6) is 0 Å². The molecule has 5 heteroatoms. The number of allylic oxidation sites excluding steroid dienone is 4. The average molecular weight is 536 g/mol. The molecule has 0 saturated heterocycles. The minimum atomic E-state index is -0.215. The zero-order valence-corrected chi connectivity index (χ0v) is 24.5. The monoisotopic (exact) mass is 535 g/mol. The molecule has 0 radical (unpaired) electrons. The van der Waals surface area contributed by atoms with Crippen molar-refractivity contribution in [1.82, 2.24) is 10.3 Å². The molecule has 0 atom stereocenters. The molecule has 40 heavy (non-hydrogen) atoms. The van der Waals surface area contributed by atoms with Crippen LogP contribution >= 0.6 is 0 Å². The molecule has 1 heterocycles.